The van der Waals surface area contributed by atoms with Crippen molar-refractivity contribution in [2.75, 3.05) is 24.6 Å². The summed E-state index contributed by atoms with van der Waals surface area (Å²) >= 11 is 0. The molecule has 24 heavy (non-hydrogen) atoms. The second-order valence-corrected chi connectivity index (χ2v) is 12.6. The molecule has 0 saturated carbocycles. The standard InChI is InChI=1S/C22H48P.BrH/c1-5-9-10-11-12-13-14-15-16-17-18-19-20-21-22-23(6-2,7-3)8-4;/h5-22H2,1-4H3;1H/q+1;/p-1. The first-order valence-corrected chi connectivity index (χ1v) is 13.6. The van der Waals surface area contributed by atoms with Gasteiger partial charge in [0.05, 0.1) is 24.6 Å². The number of rotatable bonds is 18. The van der Waals surface area contributed by atoms with Crippen molar-refractivity contribution in [1.82, 2.24) is 0 Å². The monoisotopic (exact) mass is 422 g/mol. The summed E-state index contributed by atoms with van der Waals surface area (Å²) < 4.78 is 0. The van der Waals surface area contributed by atoms with Crippen molar-refractivity contribution in [1.29, 1.82) is 0 Å². The summed E-state index contributed by atoms with van der Waals surface area (Å²) in [4.78, 5) is 0. The van der Waals surface area contributed by atoms with Crippen LogP contribution in [0.25, 0.3) is 0 Å². The van der Waals surface area contributed by atoms with Crippen LogP contribution in [0.1, 0.15) is 118 Å². The van der Waals surface area contributed by atoms with Crippen LogP contribution in [0.5, 0.6) is 0 Å². The van der Waals surface area contributed by atoms with Crippen LogP contribution in [0.4, 0.5) is 0 Å². The van der Waals surface area contributed by atoms with Crippen molar-refractivity contribution in [2.45, 2.75) is 118 Å². The second-order valence-electron chi connectivity index (χ2n) is 7.61. The minimum absolute atomic E-state index is 0. The summed E-state index contributed by atoms with van der Waals surface area (Å²) in [5, 5.41) is 0. The van der Waals surface area contributed by atoms with Gasteiger partial charge in [-0.25, -0.2) is 0 Å². The van der Waals surface area contributed by atoms with E-state index in [0.717, 1.165) is 0 Å². The SMILES string of the molecule is CCCCCCCCCCCCCCCC[P+](CC)(CC)CC.[Br-]. The zero-order valence-electron chi connectivity index (χ0n) is 17.6. The summed E-state index contributed by atoms with van der Waals surface area (Å²) in [7, 11) is -0.523. The molecule has 0 aromatic heterocycles. The molecule has 148 valence electrons. The van der Waals surface area contributed by atoms with Crippen molar-refractivity contribution in [3.8, 4) is 0 Å². The molecule has 0 N–H and O–H groups in total. The third-order valence-electron chi connectivity index (χ3n) is 6.00. The van der Waals surface area contributed by atoms with Crippen molar-refractivity contribution in [2.24, 2.45) is 0 Å². The van der Waals surface area contributed by atoms with Crippen LogP contribution < -0.4 is 17.0 Å². The molecule has 0 bridgehead atoms. The quantitative estimate of drug-likeness (QED) is 0.200. The van der Waals surface area contributed by atoms with E-state index in [1.807, 2.05) is 0 Å². The molecule has 0 aliphatic rings. The molecule has 0 rings (SSSR count). The second kappa shape index (κ2) is 20.2. The highest BCUT2D eigenvalue weighted by molar-refractivity contribution is 7.75. The fourth-order valence-corrected chi connectivity index (χ4v) is 6.97. The molecule has 2 heteroatoms. The molecule has 0 aliphatic heterocycles. The molecule has 0 atom stereocenters. The van der Waals surface area contributed by atoms with Gasteiger partial charge in [0.1, 0.15) is 0 Å². The Kier molecular flexibility index (Phi) is 22.9. The highest BCUT2D eigenvalue weighted by Crippen LogP contribution is 2.58. The van der Waals surface area contributed by atoms with Gasteiger partial charge < -0.3 is 17.0 Å². The van der Waals surface area contributed by atoms with Crippen LogP contribution in [-0.2, 0) is 0 Å². The zero-order valence-corrected chi connectivity index (χ0v) is 20.0. The molecule has 0 heterocycles. The Labute approximate surface area is 166 Å². The van der Waals surface area contributed by atoms with Crippen molar-refractivity contribution in [3.05, 3.63) is 0 Å². The van der Waals surface area contributed by atoms with Gasteiger partial charge in [0, 0.05) is 7.26 Å². The van der Waals surface area contributed by atoms with Crippen LogP contribution in [0.2, 0.25) is 0 Å². The van der Waals surface area contributed by atoms with E-state index in [1.165, 1.54) is 108 Å². The molecular formula is C22H48BrP. The molecule has 0 aromatic carbocycles. The summed E-state index contributed by atoms with van der Waals surface area (Å²) in [6, 6.07) is 0. The van der Waals surface area contributed by atoms with E-state index in [1.54, 1.807) is 6.16 Å². The molecule has 0 radical (unpaired) electrons. The first-order chi connectivity index (χ1) is 11.2. The molecule has 0 saturated heterocycles. The van der Waals surface area contributed by atoms with E-state index in [4.69, 9.17) is 0 Å². The average molecular weight is 424 g/mol. The third kappa shape index (κ3) is 15.2. The number of halogens is 1. The first kappa shape index (κ1) is 27.1. The maximum atomic E-state index is 2.44. The van der Waals surface area contributed by atoms with Crippen LogP contribution in [0.3, 0.4) is 0 Å². The van der Waals surface area contributed by atoms with Crippen molar-refractivity contribution < 1.29 is 17.0 Å². The Bertz CT molecular complexity index is 218. The smallest absolute Gasteiger partial charge is 0.0594 e. The molecule has 0 nitrogen and oxygen atoms in total. The van der Waals surface area contributed by atoms with Crippen LogP contribution in [0.15, 0.2) is 0 Å². The Balaban J connectivity index is 0. The van der Waals surface area contributed by atoms with Crippen LogP contribution in [0, 0.1) is 0 Å². The van der Waals surface area contributed by atoms with Gasteiger partial charge in [0.2, 0.25) is 0 Å². The first-order valence-electron chi connectivity index (χ1n) is 11.1. The summed E-state index contributed by atoms with van der Waals surface area (Å²) in [6.45, 7) is 9.61. The fourth-order valence-electron chi connectivity index (χ4n) is 3.79. The van der Waals surface area contributed by atoms with Gasteiger partial charge in [-0.15, -0.1) is 0 Å². The molecule has 0 spiro atoms. The predicted molar refractivity (Wildman–Crippen MR) is 114 cm³/mol. The molecule has 0 unspecified atom stereocenters. The maximum Gasteiger partial charge on any atom is 0.0594 e. The minimum Gasteiger partial charge on any atom is -1.00 e. The van der Waals surface area contributed by atoms with Gasteiger partial charge in [-0.2, -0.15) is 0 Å². The summed E-state index contributed by atoms with van der Waals surface area (Å²) in [5.41, 5.74) is 0. The lowest BCUT2D eigenvalue weighted by molar-refractivity contribution is -0.00000531. The summed E-state index contributed by atoms with van der Waals surface area (Å²) in [5.74, 6) is 0. The Hall–Kier alpha value is 0.910. The predicted octanol–water partition coefficient (Wildman–Crippen LogP) is 5.55. The lowest BCUT2D eigenvalue weighted by atomic mass is 10.0. The Morgan fingerprint density at radius 3 is 1.00 bits per heavy atom. The lowest BCUT2D eigenvalue weighted by Crippen LogP contribution is -3.00. The largest absolute Gasteiger partial charge is 1.00 e. The van der Waals surface area contributed by atoms with Gasteiger partial charge in [-0.3, -0.25) is 0 Å². The lowest BCUT2D eigenvalue weighted by Gasteiger charge is -2.23. The van der Waals surface area contributed by atoms with E-state index in [9.17, 15) is 0 Å². The number of unbranched alkanes of at least 4 members (excludes halogenated alkanes) is 13. The normalized spacial score (nSPS) is 11.5. The van der Waals surface area contributed by atoms with E-state index in [2.05, 4.69) is 27.7 Å². The van der Waals surface area contributed by atoms with E-state index < -0.39 is 7.26 Å². The molecule has 0 fully saturated rings. The Morgan fingerprint density at radius 1 is 0.417 bits per heavy atom. The van der Waals surface area contributed by atoms with Crippen molar-refractivity contribution >= 4 is 7.26 Å². The van der Waals surface area contributed by atoms with E-state index in [0.29, 0.717) is 0 Å². The maximum absolute atomic E-state index is 2.44. The third-order valence-corrected chi connectivity index (χ3v) is 11.3. The molecular weight excluding hydrogens is 375 g/mol. The highest BCUT2D eigenvalue weighted by Gasteiger charge is 2.29. The zero-order chi connectivity index (χ0) is 17.2. The van der Waals surface area contributed by atoms with Gasteiger partial charge in [0.15, 0.2) is 0 Å². The van der Waals surface area contributed by atoms with E-state index >= 15 is 0 Å². The van der Waals surface area contributed by atoms with Crippen LogP contribution >= 0.6 is 7.26 Å². The minimum atomic E-state index is -0.523. The number of hydrogen-bond donors (Lipinski definition) is 0. The Morgan fingerprint density at radius 2 is 0.708 bits per heavy atom. The van der Waals surface area contributed by atoms with Crippen molar-refractivity contribution in [3.63, 3.8) is 0 Å². The summed E-state index contributed by atoms with van der Waals surface area (Å²) in [6.07, 6.45) is 26.7. The highest BCUT2D eigenvalue weighted by atomic mass is 79.9. The van der Waals surface area contributed by atoms with Gasteiger partial charge in [-0.1, -0.05) is 84.0 Å². The fraction of sp³-hybridized carbons (Fsp3) is 1.00. The van der Waals surface area contributed by atoms with Gasteiger partial charge in [0.25, 0.3) is 0 Å². The van der Waals surface area contributed by atoms with Gasteiger partial charge in [-0.05, 0) is 33.6 Å². The number of hydrogen-bond acceptors (Lipinski definition) is 0. The molecule has 0 aromatic rings. The average Bonchev–Trinajstić information content (AvgIpc) is 2.59. The topological polar surface area (TPSA) is 0 Å². The molecule has 0 aliphatic carbocycles. The van der Waals surface area contributed by atoms with Gasteiger partial charge >= 0.3 is 0 Å². The van der Waals surface area contributed by atoms with E-state index in [-0.39, 0.29) is 17.0 Å². The molecule has 0 amide bonds. The van der Waals surface area contributed by atoms with Crippen LogP contribution in [-0.4, -0.2) is 24.6 Å².